The summed E-state index contributed by atoms with van der Waals surface area (Å²) < 4.78 is 5.55. The van der Waals surface area contributed by atoms with E-state index in [4.69, 9.17) is 11.2 Å². The summed E-state index contributed by atoms with van der Waals surface area (Å²) in [6.07, 6.45) is 10.9. The van der Waals surface area contributed by atoms with Crippen molar-refractivity contribution in [3.8, 4) is 12.3 Å². The van der Waals surface area contributed by atoms with Crippen LogP contribution in [0.1, 0.15) is 31.2 Å². The molecule has 1 aromatic rings. The van der Waals surface area contributed by atoms with Gasteiger partial charge in [-0.25, -0.2) is 9.78 Å². The van der Waals surface area contributed by atoms with Gasteiger partial charge in [0, 0.05) is 6.20 Å². The van der Waals surface area contributed by atoms with Crippen molar-refractivity contribution in [3.63, 3.8) is 0 Å². The van der Waals surface area contributed by atoms with Gasteiger partial charge in [0.15, 0.2) is 5.82 Å². The molecule has 1 saturated heterocycles. The molecule has 1 aliphatic heterocycles. The number of terminal acetylenes is 1. The normalized spacial score (nSPS) is 21.1. The Morgan fingerprint density at radius 1 is 1.44 bits per heavy atom. The molecule has 1 aliphatic carbocycles. The van der Waals surface area contributed by atoms with Gasteiger partial charge >= 0.3 is 6.09 Å². The highest BCUT2D eigenvalue weighted by Crippen LogP contribution is 2.40. The maximum absolute atomic E-state index is 12.0. The van der Waals surface area contributed by atoms with Crippen molar-refractivity contribution in [2.45, 2.75) is 31.3 Å². The lowest BCUT2D eigenvalue weighted by Crippen LogP contribution is -2.32. The van der Waals surface area contributed by atoms with E-state index in [9.17, 15) is 4.79 Å². The second kappa shape index (κ2) is 4.02. The molecule has 2 aliphatic rings. The molecule has 0 bridgehead atoms. The van der Waals surface area contributed by atoms with Gasteiger partial charge in [0.25, 0.3) is 0 Å². The third-order valence-electron chi connectivity index (χ3n) is 3.68. The van der Waals surface area contributed by atoms with Crippen LogP contribution in [0, 0.1) is 12.3 Å². The SMILES string of the molecule is C#Cc1cccnc1N1CC2(CCCC2)OC1=O. The highest BCUT2D eigenvalue weighted by Gasteiger charge is 2.48. The summed E-state index contributed by atoms with van der Waals surface area (Å²) in [4.78, 5) is 17.8. The minimum Gasteiger partial charge on any atom is -0.441 e. The second-order valence-electron chi connectivity index (χ2n) is 4.86. The van der Waals surface area contributed by atoms with Gasteiger partial charge in [-0.2, -0.15) is 0 Å². The highest BCUT2D eigenvalue weighted by atomic mass is 16.6. The van der Waals surface area contributed by atoms with Crippen molar-refractivity contribution in [3.05, 3.63) is 23.9 Å². The van der Waals surface area contributed by atoms with Gasteiger partial charge in [0.2, 0.25) is 0 Å². The number of pyridine rings is 1. The maximum Gasteiger partial charge on any atom is 0.416 e. The fourth-order valence-electron chi connectivity index (χ4n) is 2.79. The molecule has 1 saturated carbocycles. The number of rotatable bonds is 1. The summed E-state index contributed by atoms with van der Waals surface area (Å²) in [5, 5.41) is 0. The van der Waals surface area contributed by atoms with Crippen LogP contribution in [0.2, 0.25) is 0 Å². The average Bonchev–Trinajstić information content (AvgIpc) is 2.97. The molecule has 18 heavy (non-hydrogen) atoms. The van der Waals surface area contributed by atoms with Crippen LogP contribution >= 0.6 is 0 Å². The number of anilines is 1. The summed E-state index contributed by atoms with van der Waals surface area (Å²) in [6, 6.07) is 3.56. The van der Waals surface area contributed by atoms with Crippen LogP contribution in [0.15, 0.2) is 18.3 Å². The summed E-state index contributed by atoms with van der Waals surface area (Å²) in [7, 11) is 0. The Balaban J connectivity index is 1.94. The average molecular weight is 242 g/mol. The van der Waals surface area contributed by atoms with Crippen LogP contribution < -0.4 is 4.90 Å². The van der Waals surface area contributed by atoms with Crippen molar-refractivity contribution in [2.24, 2.45) is 0 Å². The zero-order valence-corrected chi connectivity index (χ0v) is 10.1. The van der Waals surface area contributed by atoms with Crippen LogP contribution in [-0.2, 0) is 4.74 Å². The summed E-state index contributed by atoms with van der Waals surface area (Å²) >= 11 is 0. The zero-order valence-electron chi connectivity index (χ0n) is 10.1. The molecular weight excluding hydrogens is 228 g/mol. The van der Waals surface area contributed by atoms with Crippen LogP contribution in [0.3, 0.4) is 0 Å². The molecule has 0 N–H and O–H groups in total. The number of carbonyl (C=O) groups is 1. The Labute approximate surface area is 106 Å². The van der Waals surface area contributed by atoms with Crippen LogP contribution in [0.5, 0.6) is 0 Å². The molecule has 92 valence electrons. The van der Waals surface area contributed by atoms with Crippen molar-refractivity contribution < 1.29 is 9.53 Å². The van der Waals surface area contributed by atoms with Gasteiger partial charge in [-0.05, 0) is 37.8 Å². The Morgan fingerprint density at radius 2 is 2.22 bits per heavy atom. The van der Waals surface area contributed by atoms with E-state index in [-0.39, 0.29) is 11.7 Å². The van der Waals surface area contributed by atoms with Gasteiger partial charge in [0.1, 0.15) is 5.60 Å². The monoisotopic (exact) mass is 242 g/mol. The molecule has 1 aromatic heterocycles. The minimum absolute atomic E-state index is 0.305. The Bertz CT molecular complexity index is 527. The predicted octanol–water partition coefficient (Wildman–Crippen LogP) is 2.33. The van der Waals surface area contributed by atoms with E-state index in [1.54, 1.807) is 23.2 Å². The predicted molar refractivity (Wildman–Crippen MR) is 67.2 cm³/mol. The molecule has 3 rings (SSSR count). The lowest BCUT2D eigenvalue weighted by atomic mass is 10.0. The standard InChI is InChI=1S/C14H14N2O2/c1-2-11-6-5-9-15-12(11)16-10-14(18-13(16)17)7-3-4-8-14/h1,5-6,9H,3-4,7-8,10H2. The first-order valence-corrected chi connectivity index (χ1v) is 6.16. The van der Waals surface area contributed by atoms with E-state index in [2.05, 4.69) is 10.9 Å². The van der Waals surface area contributed by atoms with E-state index < -0.39 is 0 Å². The quantitative estimate of drug-likeness (QED) is 0.710. The third-order valence-corrected chi connectivity index (χ3v) is 3.68. The molecule has 2 fully saturated rings. The molecule has 0 unspecified atom stereocenters. The van der Waals surface area contributed by atoms with Crippen molar-refractivity contribution in [2.75, 3.05) is 11.4 Å². The topological polar surface area (TPSA) is 42.4 Å². The summed E-state index contributed by atoms with van der Waals surface area (Å²) in [6.45, 7) is 0.567. The number of carbonyl (C=O) groups excluding carboxylic acids is 1. The first-order valence-electron chi connectivity index (χ1n) is 6.16. The second-order valence-corrected chi connectivity index (χ2v) is 4.86. The molecule has 0 radical (unpaired) electrons. The molecule has 4 heteroatoms. The van der Waals surface area contributed by atoms with Gasteiger partial charge in [-0.3, -0.25) is 4.90 Å². The number of aromatic nitrogens is 1. The van der Waals surface area contributed by atoms with Gasteiger partial charge in [-0.15, -0.1) is 6.42 Å². The number of ether oxygens (including phenoxy) is 1. The van der Waals surface area contributed by atoms with E-state index in [0.29, 0.717) is 17.9 Å². The number of hydrogen-bond donors (Lipinski definition) is 0. The summed E-state index contributed by atoms with van der Waals surface area (Å²) in [5.41, 5.74) is 0.324. The van der Waals surface area contributed by atoms with Crippen molar-refractivity contribution in [1.82, 2.24) is 4.98 Å². The Hall–Kier alpha value is -2.02. The molecule has 4 nitrogen and oxygen atoms in total. The maximum atomic E-state index is 12.0. The Morgan fingerprint density at radius 3 is 2.94 bits per heavy atom. The lowest BCUT2D eigenvalue weighted by molar-refractivity contribution is 0.0629. The van der Waals surface area contributed by atoms with E-state index in [0.717, 1.165) is 25.7 Å². The smallest absolute Gasteiger partial charge is 0.416 e. The summed E-state index contributed by atoms with van der Waals surface area (Å²) in [5.74, 6) is 3.10. The molecule has 1 amide bonds. The molecule has 0 aromatic carbocycles. The molecule has 1 spiro atoms. The van der Waals surface area contributed by atoms with Crippen LogP contribution in [-0.4, -0.2) is 23.2 Å². The minimum atomic E-state index is -0.327. The lowest BCUT2D eigenvalue weighted by Gasteiger charge is -2.19. The molecular formula is C14H14N2O2. The molecule has 2 heterocycles. The first-order chi connectivity index (χ1) is 8.74. The largest absolute Gasteiger partial charge is 0.441 e. The van der Waals surface area contributed by atoms with E-state index in [1.165, 1.54) is 0 Å². The highest BCUT2D eigenvalue weighted by molar-refractivity contribution is 5.90. The number of amides is 1. The van der Waals surface area contributed by atoms with E-state index >= 15 is 0 Å². The van der Waals surface area contributed by atoms with Crippen molar-refractivity contribution >= 4 is 11.9 Å². The fourth-order valence-corrected chi connectivity index (χ4v) is 2.79. The third kappa shape index (κ3) is 1.63. The van der Waals surface area contributed by atoms with Crippen LogP contribution in [0.4, 0.5) is 10.6 Å². The van der Waals surface area contributed by atoms with Gasteiger partial charge < -0.3 is 4.74 Å². The fraction of sp³-hybridized carbons (Fsp3) is 0.429. The first kappa shape index (κ1) is 11.1. The Kier molecular flexibility index (Phi) is 2.48. The number of hydrogen-bond acceptors (Lipinski definition) is 3. The van der Waals surface area contributed by atoms with Gasteiger partial charge in [0.05, 0.1) is 12.1 Å². The number of nitrogens with zero attached hydrogens (tertiary/aromatic N) is 2. The zero-order chi connectivity index (χ0) is 12.6. The molecule has 0 atom stereocenters. The van der Waals surface area contributed by atoms with Gasteiger partial charge in [-0.1, -0.05) is 5.92 Å². The van der Waals surface area contributed by atoms with Crippen molar-refractivity contribution in [1.29, 1.82) is 0 Å². The van der Waals surface area contributed by atoms with Crippen LogP contribution in [0.25, 0.3) is 0 Å². The van der Waals surface area contributed by atoms with E-state index in [1.807, 2.05) is 0 Å².